The molecule has 0 spiro atoms. The Morgan fingerprint density at radius 1 is 0.694 bits per heavy atom. The van der Waals surface area contributed by atoms with Crippen molar-refractivity contribution in [2.75, 3.05) is 26.3 Å². The van der Waals surface area contributed by atoms with Crippen molar-refractivity contribution < 1.29 is 19.1 Å². The lowest BCUT2D eigenvalue weighted by molar-refractivity contribution is -0.0848. The maximum atomic E-state index is 13.7. The van der Waals surface area contributed by atoms with E-state index in [1.807, 2.05) is 70.5 Å². The largest absolute Gasteiger partial charge is 0.375 e. The molecule has 2 heterocycles. The molecule has 2 aromatic carbocycles. The lowest BCUT2D eigenvalue weighted by Gasteiger charge is -2.44. The van der Waals surface area contributed by atoms with Crippen molar-refractivity contribution in [1.29, 1.82) is 0 Å². The number of hydrogen-bond acceptors (Lipinski definition) is 4. The summed E-state index contributed by atoms with van der Waals surface area (Å²) < 4.78 is 11.9. The van der Waals surface area contributed by atoms with E-state index in [1.165, 1.54) is 0 Å². The minimum absolute atomic E-state index is 0.0118. The van der Waals surface area contributed by atoms with E-state index in [2.05, 4.69) is 27.7 Å². The molecule has 6 nitrogen and oxygen atoms in total. The number of amides is 2. The maximum Gasteiger partial charge on any atom is 0.254 e. The van der Waals surface area contributed by atoms with E-state index < -0.39 is 0 Å². The lowest BCUT2D eigenvalue weighted by atomic mass is 9.91. The summed E-state index contributed by atoms with van der Waals surface area (Å²) in [6.45, 7) is 10.5. The van der Waals surface area contributed by atoms with Crippen molar-refractivity contribution in [3.63, 3.8) is 0 Å². The molecule has 2 saturated heterocycles. The molecule has 36 heavy (non-hydrogen) atoms. The van der Waals surface area contributed by atoms with Crippen molar-refractivity contribution in [3.8, 4) is 0 Å². The molecule has 2 fully saturated rings. The van der Waals surface area contributed by atoms with E-state index in [-0.39, 0.29) is 35.1 Å². The first kappa shape index (κ1) is 26.4. The summed E-state index contributed by atoms with van der Waals surface area (Å²) in [6, 6.07) is 19.0. The highest BCUT2D eigenvalue weighted by Crippen LogP contribution is 2.30. The Labute approximate surface area is 215 Å². The van der Waals surface area contributed by atoms with Gasteiger partial charge in [-0.25, -0.2) is 0 Å². The average Bonchev–Trinajstić information content (AvgIpc) is 2.86. The molecule has 2 aliphatic heterocycles. The van der Waals surface area contributed by atoms with Gasteiger partial charge in [0, 0.05) is 49.5 Å². The van der Waals surface area contributed by atoms with E-state index in [0.29, 0.717) is 37.4 Å². The molecule has 4 rings (SSSR count). The van der Waals surface area contributed by atoms with Crippen LogP contribution in [-0.2, 0) is 9.47 Å². The van der Waals surface area contributed by atoms with Crippen LogP contribution in [0.15, 0.2) is 60.7 Å². The predicted octanol–water partition coefficient (Wildman–Crippen LogP) is 5.19. The normalized spacial score (nSPS) is 23.0. The van der Waals surface area contributed by atoms with Gasteiger partial charge in [-0.3, -0.25) is 9.59 Å². The summed E-state index contributed by atoms with van der Waals surface area (Å²) in [6.07, 6.45) is 3.11. The molecular formula is C30H40N2O4. The zero-order chi connectivity index (χ0) is 25.8. The highest BCUT2D eigenvalue weighted by Gasteiger charge is 2.37. The minimum atomic E-state index is -0.289. The minimum Gasteiger partial charge on any atom is -0.375 e. The fourth-order valence-corrected chi connectivity index (χ4v) is 5.54. The van der Waals surface area contributed by atoms with Crippen LogP contribution in [0.1, 0.15) is 74.1 Å². The molecule has 0 aliphatic carbocycles. The fourth-order valence-electron chi connectivity index (χ4n) is 5.54. The first-order valence-electron chi connectivity index (χ1n) is 13.2. The molecule has 0 saturated carbocycles. The zero-order valence-electron chi connectivity index (χ0n) is 22.1. The quantitative estimate of drug-likeness (QED) is 0.534. The van der Waals surface area contributed by atoms with Gasteiger partial charge in [0.2, 0.25) is 0 Å². The number of ether oxygens (including phenoxy) is 2. The van der Waals surface area contributed by atoms with E-state index in [4.69, 9.17) is 9.47 Å². The van der Waals surface area contributed by atoms with Crippen LogP contribution in [0.2, 0.25) is 0 Å². The molecule has 2 aromatic rings. The SMILES string of the molecule is CC1(C)C[C@@H](N(CCN(C(=O)c2ccccc2)[C@H]2CCOC(C)(C)C2)C(=O)c2ccccc2)CCO1. The van der Waals surface area contributed by atoms with Gasteiger partial charge >= 0.3 is 0 Å². The monoisotopic (exact) mass is 492 g/mol. The molecule has 0 unspecified atom stereocenters. The summed E-state index contributed by atoms with van der Waals surface area (Å²) in [5, 5.41) is 0. The highest BCUT2D eigenvalue weighted by molar-refractivity contribution is 5.95. The number of carbonyl (C=O) groups is 2. The van der Waals surface area contributed by atoms with E-state index in [0.717, 1.165) is 25.7 Å². The van der Waals surface area contributed by atoms with Gasteiger partial charge in [-0.1, -0.05) is 36.4 Å². The molecule has 0 aromatic heterocycles. The summed E-state index contributed by atoms with van der Waals surface area (Å²) in [4.78, 5) is 31.5. The summed E-state index contributed by atoms with van der Waals surface area (Å²) >= 11 is 0. The Hall–Kier alpha value is -2.70. The molecule has 194 valence electrons. The van der Waals surface area contributed by atoms with Crippen LogP contribution < -0.4 is 0 Å². The van der Waals surface area contributed by atoms with Crippen LogP contribution in [0.25, 0.3) is 0 Å². The second-order valence-corrected chi connectivity index (χ2v) is 11.2. The van der Waals surface area contributed by atoms with Crippen LogP contribution in [0, 0.1) is 0 Å². The van der Waals surface area contributed by atoms with E-state index in [9.17, 15) is 9.59 Å². The second-order valence-electron chi connectivity index (χ2n) is 11.2. The van der Waals surface area contributed by atoms with Crippen molar-refractivity contribution >= 4 is 11.8 Å². The van der Waals surface area contributed by atoms with Gasteiger partial charge in [-0.15, -0.1) is 0 Å². The van der Waals surface area contributed by atoms with Gasteiger partial charge in [0.1, 0.15) is 0 Å². The molecular weight excluding hydrogens is 452 g/mol. The third kappa shape index (κ3) is 6.54. The lowest BCUT2D eigenvalue weighted by Crippen LogP contribution is -2.54. The average molecular weight is 493 g/mol. The van der Waals surface area contributed by atoms with Crippen LogP contribution in [-0.4, -0.2) is 71.2 Å². The van der Waals surface area contributed by atoms with E-state index >= 15 is 0 Å². The summed E-state index contributed by atoms with van der Waals surface area (Å²) in [5.41, 5.74) is 0.773. The van der Waals surface area contributed by atoms with Crippen LogP contribution in [0.3, 0.4) is 0 Å². The van der Waals surface area contributed by atoms with Crippen molar-refractivity contribution in [2.45, 2.75) is 76.7 Å². The third-order valence-electron chi connectivity index (χ3n) is 7.37. The van der Waals surface area contributed by atoms with Gasteiger partial charge < -0.3 is 19.3 Å². The molecule has 2 aliphatic rings. The van der Waals surface area contributed by atoms with Crippen LogP contribution in [0.5, 0.6) is 0 Å². The standard InChI is InChI=1S/C30H40N2O4/c1-29(2)21-25(15-19-35-29)31(27(33)23-11-7-5-8-12-23)17-18-32(26-16-20-36-30(3,4)22-26)28(34)24-13-9-6-10-14-24/h5-14,25-26H,15-22H2,1-4H3/t25-,26-/m0/s1. The number of benzene rings is 2. The molecule has 0 radical (unpaired) electrons. The Balaban J connectivity index is 1.60. The Kier molecular flexibility index (Phi) is 8.16. The predicted molar refractivity (Wildman–Crippen MR) is 141 cm³/mol. The van der Waals surface area contributed by atoms with Crippen molar-refractivity contribution in [1.82, 2.24) is 9.80 Å². The molecule has 6 heteroatoms. The van der Waals surface area contributed by atoms with Gasteiger partial charge in [0.05, 0.1) is 11.2 Å². The smallest absolute Gasteiger partial charge is 0.254 e. The van der Waals surface area contributed by atoms with Gasteiger partial charge in [-0.05, 0) is 77.6 Å². The maximum absolute atomic E-state index is 13.7. The first-order chi connectivity index (χ1) is 17.2. The third-order valence-corrected chi connectivity index (χ3v) is 7.37. The van der Waals surface area contributed by atoms with Crippen LogP contribution in [0.4, 0.5) is 0 Å². The summed E-state index contributed by atoms with van der Waals surface area (Å²) in [5.74, 6) is 0.0236. The number of hydrogen-bond donors (Lipinski definition) is 0. The topological polar surface area (TPSA) is 59.1 Å². The Bertz CT molecular complexity index is 938. The van der Waals surface area contributed by atoms with Crippen LogP contribution >= 0.6 is 0 Å². The zero-order valence-corrected chi connectivity index (χ0v) is 22.1. The molecule has 2 atom stereocenters. The number of rotatable bonds is 7. The first-order valence-corrected chi connectivity index (χ1v) is 13.2. The molecule has 0 N–H and O–H groups in total. The summed E-state index contributed by atoms with van der Waals surface area (Å²) in [7, 11) is 0. The Morgan fingerprint density at radius 2 is 1.06 bits per heavy atom. The van der Waals surface area contributed by atoms with Crippen molar-refractivity contribution in [3.05, 3.63) is 71.8 Å². The molecule has 0 bridgehead atoms. The van der Waals surface area contributed by atoms with E-state index in [1.54, 1.807) is 0 Å². The Morgan fingerprint density at radius 3 is 1.39 bits per heavy atom. The number of nitrogens with zero attached hydrogens (tertiary/aromatic N) is 2. The number of carbonyl (C=O) groups excluding carboxylic acids is 2. The van der Waals surface area contributed by atoms with Gasteiger partial charge in [-0.2, -0.15) is 0 Å². The molecule has 2 amide bonds. The van der Waals surface area contributed by atoms with Crippen molar-refractivity contribution in [2.24, 2.45) is 0 Å². The van der Waals surface area contributed by atoms with Gasteiger partial charge in [0.25, 0.3) is 11.8 Å². The van der Waals surface area contributed by atoms with Gasteiger partial charge in [0.15, 0.2) is 0 Å². The second kappa shape index (κ2) is 11.1. The highest BCUT2D eigenvalue weighted by atomic mass is 16.5. The fraction of sp³-hybridized carbons (Fsp3) is 0.533.